The van der Waals surface area contributed by atoms with E-state index in [2.05, 4.69) is 20.0 Å². The van der Waals surface area contributed by atoms with Gasteiger partial charge in [0.1, 0.15) is 0 Å². The van der Waals surface area contributed by atoms with E-state index in [-0.39, 0.29) is 12.1 Å². The Bertz CT molecular complexity index is 739. The van der Waals surface area contributed by atoms with Crippen LogP contribution in [0.25, 0.3) is 10.9 Å². The molecule has 0 aliphatic rings. The average molecular weight is 282 g/mol. The summed E-state index contributed by atoms with van der Waals surface area (Å²) in [4.78, 5) is 18.6. The number of benzene rings is 1. The molecule has 0 amide bonds. The fourth-order valence-corrected chi connectivity index (χ4v) is 2.06. The second kappa shape index (κ2) is 5.37. The van der Waals surface area contributed by atoms with Gasteiger partial charge < -0.3 is 5.32 Å². The van der Waals surface area contributed by atoms with Crippen LogP contribution in [0.15, 0.2) is 29.1 Å². The van der Waals surface area contributed by atoms with Gasteiger partial charge in [0, 0.05) is 13.1 Å². The van der Waals surface area contributed by atoms with E-state index in [1.807, 2.05) is 0 Å². The zero-order valence-corrected chi connectivity index (χ0v) is 11.1. The highest BCUT2D eigenvalue weighted by molar-refractivity contribution is 7.88. The van der Waals surface area contributed by atoms with Gasteiger partial charge in [-0.05, 0) is 12.1 Å². The molecule has 102 valence electrons. The van der Waals surface area contributed by atoms with E-state index in [0.29, 0.717) is 23.4 Å². The first-order chi connectivity index (χ1) is 8.96. The van der Waals surface area contributed by atoms with Crippen molar-refractivity contribution in [3.63, 3.8) is 0 Å². The smallest absolute Gasteiger partial charge is 0.260 e. The number of aromatic nitrogens is 2. The van der Waals surface area contributed by atoms with Gasteiger partial charge in [-0.2, -0.15) is 0 Å². The van der Waals surface area contributed by atoms with Crippen LogP contribution < -0.4 is 15.6 Å². The predicted octanol–water partition coefficient (Wildman–Crippen LogP) is -0.116. The fourth-order valence-electron chi connectivity index (χ4n) is 1.59. The van der Waals surface area contributed by atoms with Crippen LogP contribution >= 0.6 is 0 Å². The van der Waals surface area contributed by atoms with Gasteiger partial charge in [-0.25, -0.2) is 18.1 Å². The van der Waals surface area contributed by atoms with Crippen LogP contribution in [0.1, 0.15) is 0 Å². The van der Waals surface area contributed by atoms with Crippen molar-refractivity contribution in [1.82, 2.24) is 14.7 Å². The van der Waals surface area contributed by atoms with Crippen LogP contribution in [-0.2, 0) is 10.0 Å². The Hall–Kier alpha value is -1.93. The predicted molar refractivity (Wildman–Crippen MR) is 73.7 cm³/mol. The van der Waals surface area contributed by atoms with E-state index < -0.39 is 10.0 Å². The molecule has 2 aromatic rings. The van der Waals surface area contributed by atoms with Crippen LogP contribution in [0, 0.1) is 0 Å². The van der Waals surface area contributed by atoms with E-state index >= 15 is 0 Å². The molecule has 8 heteroatoms. The normalized spacial score (nSPS) is 11.6. The molecule has 0 atom stereocenters. The van der Waals surface area contributed by atoms with E-state index in [1.165, 1.54) is 0 Å². The van der Waals surface area contributed by atoms with Gasteiger partial charge in [-0.3, -0.25) is 9.78 Å². The Kier molecular flexibility index (Phi) is 3.82. The first-order valence-corrected chi connectivity index (χ1v) is 7.52. The maximum absolute atomic E-state index is 11.7. The number of sulfonamides is 1. The highest BCUT2D eigenvalue weighted by atomic mass is 32.2. The number of aromatic amines is 1. The monoisotopic (exact) mass is 282 g/mol. The number of para-hydroxylation sites is 1. The Morgan fingerprint density at radius 2 is 2.00 bits per heavy atom. The zero-order chi connectivity index (χ0) is 13.9. The molecule has 1 aromatic heterocycles. The van der Waals surface area contributed by atoms with Crippen molar-refractivity contribution in [1.29, 1.82) is 0 Å². The second-order valence-corrected chi connectivity index (χ2v) is 5.86. The number of fused-ring (bicyclic) bond motifs is 1. The Balaban J connectivity index is 2.08. The van der Waals surface area contributed by atoms with Gasteiger partial charge in [0.2, 0.25) is 16.0 Å². The third-order valence-corrected chi connectivity index (χ3v) is 3.12. The molecule has 1 heterocycles. The molecule has 19 heavy (non-hydrogen) atoms. The molecule has 1 aromatic carbocycles. The molecule has 2 rings (SSSR count). The summed E-state index contributed by atoms with van der Waals surface area (Å²) < 4.78 is 24.1. The summed E-state index contributed by atoms with van der Waals surface area (Å²) in [5.74, 6) is 0.319. The van der Waals surface area contributed by atoms with Gasteiger partial charge in [0.15, 0.2) is 0 Å². The number of anilines is 1. The minimum atomic E-state index is -3.20. The topological polar surface area (TPSA) is 104 Å². The number of hydrogen-bond acceptors (Lipinski definition) is 5. The van der Waals surface area contributed by atoms with E-state index in [1.54, 1.807) is 24.3 Å². The average Bonchev–Trinajstić information content (AvgIpc) is 2.34. The van der Waals surface area contributed by atoms with Gasteiger partial charge in [-0.1, -0.05) is 12.1 Å². The second-order valence-electron chi connectivity index (χ2n) is 4.02. The molecule has 0 saturated carbocycles. The van der Waals surface area contributed by atoms with Gasteiger partial charge in [-0.15, -0.1) is 0 Å². The molecule has 0 aliphatic carbocycles. The zero-order valence-electron chi connectivity index (χ0n) is 10.3. The Morgan fingerprint density at radius 1 is 1.26 bits per heavy atom. The van der Waals surface area contributed by atoms with Crippen molar-refractivity contribution in [3.05, 3.63) is 34.6 Å². The summed E-state index contributed by atoms with van der Waals surface area (Å²) in [6.07, 6.45) is 1.09. The number of nitrogens with zero attached hydrogens (tertiary/aromatic N) is 1. The first-order valence-electron chi connectivity index (χ1n) is 5.63. The van der Waals surface area contributed by atoms with Crippen molar-refractivity contribution in [3.8, 4) is 0 Å². The quantitative estimate of drug-likeness (QED) is 0.663. The van der Waals surface area contributed by atoms with Crippen molar-refractivity contribution in [2.75, 3.05) is 24.7 Å². The van der Waals surface area contributed by atoms with Crippen LogP contribution in [0.4, 0.5) is 5.95 Å². The molecule has 0 unspecified atom stereocenters. The molecular weight excluding hydrogens is 268 g/mol. The molecule has 0 aliphatic heterocycles. The Morgan fingerprint density at radius 3 is 2.74 bits per heavy atom. The van der Waals surface area contributed by atoms with Crippen molar-refractivity contribution in [2.24, 2.45) is 0 Å². The lowest BCUT2D eigenvalue weighted by molar-refractivity contribution is 0.589. The lowest BCUT2D eigenvalue weighted by atomic mass is 10.2. The molecule has 3 N–H and O–H groups in total. The lowest BCUT2D eigenvalue weighted by Crippen LogP contribution is -2.28. The largest absolute Gasteiger partial charge is 0.354 e. The van der Waals surface area contributed by atoms with E-state index in [9.17, 15) is 13.2 Å². The molecule has 0 radical (unpaired) electrons. The molecule has 7 nitrogen and oxygen atoms in total. The van der Waals surface area contributed by atoms with Crippen LogP contribution in [0.2, 0.25) is 0 Å². The highest BCUT2D eigenvalue weighted by Crippen LogP contribution is 2.07. The summed E-state index contributed by atoms with van der Waals surface area (Å²) in [6.45, 7) is 0.545. The number of rotatable bonds is 5. The van der Waals surface area contributed by atoms with Crippen LogP contribution in [0.5, 0.6) is 0 Å². The number of H-pyrrole nitrogens is 1. The third kappa shape index (κ3) is 3.76. The first kappa shape index (κ1) is 13.5. The van der Waals surface area contributed by atoms with Crippen LogP contribution in [0.3, 0.4) is 0 Å². The molecular formula is C11H14N4O3S. The lowest BCUT2D eigenvalue weighted by Gasteiger charge is -2.06. The Labute approximate surface area is 110 Å². The highest BCUT2D eigenvalue weighted by Gasteiger charge is 2.03. The molecule has 0 fully saturated rings. The third-order valence-electron chi connectivity index (χ3n) is 2.39. The van der Waals surface area contributed by atoms with Gasteiger partial charge in [0.05, 0.1) is 17.2 Å². The summed E-state index contributed by atoms with van der Waals surface area (Å²) in [6, 6.07) is 6.99. The minimum Gasteiger partial charge on any atom is -0.354 e. The molecule has 0 bridgehead atoms. The number of nitrogens with one attached hydrogen (secondary N) is 3. The molecule has 0 spiro atoms. The van der Waals surface area contributed by atoms with Crippen molar-refractivity contribution in [2.45, 2.75) is 0 Å². The summed E-state index contributed by atoms with van der Waals surface area (Å²) in [7, 11) is -3.20. The maximum atomic E-state index is 11.7. The SMILES string of the molecule is CS(=O)(=O)NCCNc1nc2ccccc2c(=O)[nH]1. The summed E-state index contributed by atoms with van der Waals surface area (Å²) in [5, 5.41) is 3.37. The molecule has 0 saturated heterocycles. The summed E-state index contributed by atoms with van der Waals surface area (Å²) in [5.41, 5.74) is 0.356. The van der Waals surface area contributed by atoms with Crippen molar-refractivity contribution >= 4 is 26.9 Å². The van der Waals surface area contributed by atoms with Crippen molar-refractivity contribution < 1.29 is 8.42 Å². The van der Waals surface area contributed by atoms with Gasteiger partial charge >= 0.3 is 0 Å². The maximum Gasteiger partial charge on any atom is 0.260 e. The fraction of sp³-hybridized carbons (Fsp3) is 0.273. The summed E-state index contributed by atoms with van der Waals surface area (Å²) >= 11 is 0. The standard InChI is InChI=1S/C11H14N4O3S/c1-19(17,18)13-7-6-12-11-14-9-5-3-2-4-8(9)10(16)15-11/h2-5,13H,6-7H2,1H3,(H2,12,14,15,16). The van der Waals surface area contributed by atoms with Crippen LogP contribution in [-0.4, -0.2) is 37.7 Å². The minimum absolute atomic E-state index is 0.218. The number of hydrogen-bond donors (Lipinski definition) is 3. The van der Waals surface area contributed by atoms with Gasteiger partial charge in [0.25, 0.3) is 5.56 Å². The van der Waals surface area contributed by atoms with E-state index in [4.69, 9.17) is 0 Å². The van der Waals surface area contributed by atoms with E-state index in [0.717, 1.165) is 6.26 Å².